The van der Waals surface area contributed by atoms with Crippen LogP contribution in [0.25, 0.3) is 0 Å². The van der Waals surface area contributed by atoms with Crippen LogP contribution in [0.2, 0.25) is 0 Å². The number of aromatic nitrogens is 2. The quantitative estimate of drug-likeness (QED) is 0.926. The Kier molecular flexibility index (Phi) is 4.79. The third-order valence-electron chi connectivity index (χ3n) is 5.24. The Morgan fingerprint density at radius 3 is 2.48 bits per heavy atom. The summed E-state index contributed by atoms with van der Waals surface area (Å²) in [6, 6.07) is 0.542. The van der Waals surface area contributed by atoms with Crippen LogP contribution in [0.1, 0.15) is 53.0 Å². The highest BCUT2D eigenvalue weighted by molar-refractivity contribution is 5.08. The third kappa shape index (κ3) is 3.49. The number of nitrogens with one attached hydrogen (secondary N) is 1. The Labute approximate surface area is 129 Å². The van der Waals surface area contributed by atoms with E-state index in [1.165, 1.54) is 18.4 Å². The van der Waals surface area contributed by atoms with Crippen molar-refractivity contribution >= 4 is 0 Å². The summed E-state index contributed by atoms with van der Waals surface area (Å²) in [5.74, 6) is 0. The van der Waals surface area contributed by atoms with Gasteiger partial charge in [0.05, 0.1) is 6.20 Å². The van der Waals surface area contributed by atoms with Crippen molar-refractivity contribution in [1.29, 1.82) is 0 Å². The monoisotopic (exact) mass is 292 g/mol. The van der Waals surface area contributed by atoms with Gasteiger partial charge in [-0.05, 0) is 18.3 Å². The Bertz CT molecular complexity index is 454. The Morgan fingerprint density at radius 2 is 2.00 bits per heavy atom. The fourth-order valence-corrected chi connectivity index (χ4v) is 3.44. The van der Waals surface area contributed by atoms with Gasteiger partial charge in [0.1, 0.15) is 0 Å². The van der Waals surface area contributed by atoms with Gasteiger partial charge in [0.15, 0.2) is 0 Å². The first-order chi connectivity index (χ1) is 9.80. The van der Waals surface area contributed by atoms with E-state index in [0.29, 0.717) is 11.5 Å². The predicted octanol–water partition coefficient (Wildman–Crippen LogP) is 2.80. The summed E-state index contributed by atoms with van der Waals surface area (Å²) >= 11 is 0. The molecule has 120 valence electrons. The zero-order valence-corrected chi connectivity index (χ0v) is 14.6. The smallest absolute Gasteiger partial charge is 0.0534 e. The first-order valence-electron chi connectivity index (χ1n) is 8.26. The summed E-state index contributed by atoms with van der Waals surface area (Å²) in [4.78, 5) is 2.69. The molecule has 0 amide bonds. The molecule has 0 saturated carbocycles. The van der Waals surface area contributed by atoms with E-state index in [0.717, 1.165) is 19.6 Å². The molecule has 1 aromatic rings. The maximum absolute atomic E-state index is 4.32. The molecule has 1 aliphatic heterocycles. The predicted molar refractivity (Wildman–Crippen MR) is 88.2 cm³/mol. The molecule has 21 heavy (non-hydrogen) atoms. The maximum Gasteiger partial charge on any atom is 0.0534 e. The first-order valence-corrected chi connectivity index (χ1v) is 8.26. The van der Waals surface area contributed by atoms with E-state index >= 15 is 0 Å². The minimum atomic E-state index is 0.275. The van der Waals surface area contributed by atoms with E-state index in [1.807, 2.05) is 17.9 Å². The molecular weight excluding hydrogens is 260 g/mol. The molecule has 2 rings (SSSR count). The largest absolute Gasteiger partial charge is 0.310 e. The van der Waals surface area contributed by atoms with Gasteiger partial charge in [-0.1, -0.05) is 34.6 Å². The van der Waals surface area contributed by atoms with Crippen LogP contribution in [0.3, 0.4) is 0 Å². The molecule has 0 aromatic carbocycles. The molecule has 1 aromatic heterocycles. The Hall–Kier alpha value is -0.870. The molecule has 1 atom stereocenters. The van der Waals surface area contributed by atoms with Crippen molar-refractivity contribution in [2.24, 2.45) is 12.5 Å². The van der Waals surface area contributed by atoms with Crippen LogP contribution >= 0.6 is 0 Å². The van der Waals surface area contributed by atoms with Crippen molar-refractivity contribution in [1.82, 2.24) is 20.0 Å². The molecule has 0 radical (unpaired) electrons. The summed E-state index contributed by atoms with van der Waals surface area (Å²) in [7, 11) is 1.99. The molecule has 1 N–H and O–H groups in total. The van der Waals surface area contributed by atoms with Crippen molar-refractivity contribution in [2.75, 3.05) is 13.1 Å². The van der Waals surface area contributed by atoms with Gasteiger partial charge in [0.25, 0.3) is 0 Å². The number of hydrogen-bond acceptors (Lipinski definition) is 3. The van der Waals surface area contributed by atoms with Gasteiger partial charge < -0.3 is 5.32 Å². The number of nitrogens with zero attached hydrogens (tertiary/aromatic N) is 3. The van der Waals surface area contributed by atoms with Crippen LogP contribution in [0, 0.1) is 5.41 Å². The van der Waals surface area contributed by atoms with E-state index < -0.39 is 0 Å². The second-order valence-electron chi connectivity index (χ2n) is 7.63. The van der Waals surface area contributed by atoms with Gasteiger partial charge in [-0.15, -0.1) is 0 Å². The van der Waals surface area contributed by atoms with Crippen LogP contribution in [0.15, 0.2) is 12.4 Å². The fraction of sp³-hybridized carbons (Fsp3) is 0.824. The highest BCUT2D eigenvalue weighted by atomic mass is 15.3. The lowest BCUT2D eigenvalue weighted by Crippen LogP contribution is -2.66. The molecule has 0 spiro atoms. The van der Waals surface area contributed by atoms with Gasteiger partial charge in [-0.2, -0.15) is 5.10 Å². The summed E-state index contributed by atoms with van der Waals surface area (Å²) in [6.07, 6.45) is 6.52. The summed E-state index contributed by atoms with van der Waals surface area (Å²) in [5, 5.41) is 8.13. The van der Waals surface area contributed by atoms with E-state index in [4.69, 9.17) is 0 Å². The topological polar surface area (TPSA) is 33.1 Å². The molecule has 2 heterocycles. The molecule has 1 unspecified atom stereocenters. The second kappa shape index (κ2) is 6.09. The average Bonchev–Trinajstić information content (AvgIpc) is 2.83. The second-order valence-corrected chi connectivity index (χ2v) is 7.63. The molecule has 1 saturated heterocycles. The van der Waals surface area contributed by atoms with Gasteiger partial charge in [0.2, 0.25) is 0 Å². The van der Waals surface area contributed by atoms with Crippen molar-refractivity contribution in [3.8, 4) is 0 Å². The zero-order valence-electron chi connectivity index (χ0n) is 14.6. The van der Waals surface area contributed by atoms with E-state index in [9.17, 15) is 0 Å². The molecule has 0 bridgehead atoms. The van der Waals surface area contributed by atoms with Crippen LogP contribution in [-0.4, -0.2) is 39.4 Å². The highest BCUT2D eigenvalue weighted by Crippen LogP contribution is 2.32. The lowest BCUT2D eigenvalue weighted by Gasteiger charge is -2.52. The fourth-order valence-electron chi connectivity index (χ4n) is 3.44. The Morgan fingerprint density at radius 1 is 1.33 bits per heavy atom. The molecule has 1 aliphatic rings. The zero-order chi connectivity index (χ0) is 15.7. The van der Waals surface area contributed by atoms with Crippen molar-refractivity contribution in [2.45, 2.75) is 65.6 Å². The normalized spacial score (nSPS) is 23.4. The van der Waals surface area contributed by atoms with Crippen molar-refractivity contribution in [3.63, 3.8) is 0 Å². The summed E-state index contributed by atoms with van der Waals surface area (Å²) in [5.41, 5.74) is 1.89. The Balaban J connectivity index is 2.20. The molecule has 0 aliphatic carbocycles. The number of hydrogen-bond donors (Lipinski definition) is 1. The van der Waals surface area contributed by atoms with E-state index in [-0.39, 0.29) is 5.54 Å². The summed E-state index contributed by atoms with van der Waals surface area (Å²) in [6.45, 7) is 14.8. The average molecular weight is 292 g/mol. The van der Waals surface area contributed by atoms with Crippen molar-refractivity contribution in [3.05, 3.63) is 18.0 Å². The van der Waals surface area contributed by atoms with Gasteiger partial charge >= 0.3 is 0 Å². The van der Waals surface area contributed by atoms with Crippen LogP contribution < -0.4 is 5.32 Å². The van der Waals surface area contributed by atoms with Gasteiger partial charge in [0, 0.05) is 50.0 Å². The van der Waals surface area contributed by atoms with E-state index in [1.54, 1.807) is 0 Å². The minimum Gasteiger partial charge on any atom is -0.310 e. The third-order valence-corrected chi connectivity index (χ3v) is 5.24. The van der Waals surface area contributed by atoms with Crippen LogP contribution in [-0.2, 0) is 13.6 Å². The van der Waals surface area contributed by atoms with Gasteiger partial charge in [-0.3, -0.25) is 9.58 Å². The lowest BCUT2D eigenvalue weighted by molar-refractivity contribution is 0.00145. The molecule has 1 fully saturated rings. The van der Waals surface area contributed by atoms with Crippen LogP contribution in [0.4, 0.5) is 0 Å². The van der Waals surface area contributed by atoms with Gasteiger partial charge in [-0.25, -0.2) is 0 Å². The molecular formula is C17H32N4. The summed E-state index contributed by atoms with van der Waals surface area (Å²) < 4.78 is 1.90. The molecule has 4 heteroatoms. The highest BCUT2D eigenvalue weighted by Gasteiger charge is 2.41. The number of piperazine rings is 1. The number of rotatable bonds is 4. The lowest BCUT2D eigenvalue weighted by atomic mass is 9.80. The van der Waals surface area contributed by atoms with Crippen LogP contribution in [0.5, 0.6) is 0 Å². The minimum absolute atomic E-state index is 0.275. The maximum atomic E-state index is 4.32. The van der Waals surface area contributed by atoms with E-state index in [2.05, 4.69) is 56.1 Å². The molecule has 4 nitrogen and oxygen atoms in total. The SMILES string of the molecule is CCC1(CC)CNC(C(C)(C)C)CN1Cc1cnn(C)c1. The standard InChI is InChI=1S/C17H32N4/c1-7-17(8-2)13-18-15(16(3,4)5)12-21(17)11-14-9-19-20(6)10-14/h9-10,15,18H,7-8,11-13H2,1-6H3. The number of aryl methyl sites for hydroxylation is 1. The van der Waals surface area contributed by atoms with Crippen molar-refractivity contribution < 1.29 is 0 Å². The first kappa shape index (κ1) is 16.5.